The fourth-order valence-electron chi connectivity index (χ4n) is 2.70. The van der Waals surface area contributed by atoms with E-state index in [2.05, 4.69) is 0 Å². The van der Waals surface area contributed by atoms with Crippen LogP contribution in [-0.2, 0) is 0 Å². The minimum Gasteiger partial charge on any atom is -0.504 e. The van der Waals surface area contributed by atoms with Crippen LogP contribution >= 0.6 is 11.6 Å². The Morgan fingerprint density at radius 2 is 2.10 bits per heavy atom. The summed E-state index contributed by atoms with van der Waals surface area (Å²) in [7, 11) is 3.20. The van der Waals surface area contributed by atoms with Crippen molar-refractivity contribution in [3.8, 4) is 11.5 Å². The summed E-state index contributed by atoms with van der Waals surface area (Å²) in [6.07, 6.45) is 4.02. The normalized spacial score (nSPS) is 22.4. The van der Waals surface area contributed by atoms with Gasteiger partial charge in [-0.2, -0.15) is 0 Å². The first-order valence-corrected chi connectivity index (χ1v) is 7.27. The van der Waals surface area contributed by atoms with Crippen LogP contribution in [0, 0.1) is 0 Å². The number of alkyl halides is 1. The van der Waals surface area contributed by atoms with Gasteiger partial charge in [-0.1, -0.05) is 18.9 Å². The van der Waals surface area contributed by atoms with Crippen molar-refractivity contribution in [1.29, 1.82) is 0 Å². The van der Waals surface area contributed by atoms with Crippen molar-refractivity contribution >= 4 is 17.5 Å². The van der Waals surface area contributed by atoms with Crippen molar-refractivity contribution in [3.63, 3.8) is 0 Å². The molecule has 2 atom stereocenters. The SMILES string of the molecule is COc1cccc(C(=O)N(C)C2CCCCC2Cl)c1O. The van der Waals surface area contributed by atoms with Crippen LogP contribution in [0.5, 0.6) is 11.5 Å². The molecule has 1 N–H and O–H groups in total. The minimum atomic E-state index is -0.223. The molecule has 0 aliphatic heterocycles. The van der Waals surface area contributed by atoms with Crippen LogP contribution in [0.1, 0.15) is 36.0 Å². The van der Waals surface area contributed by atoms with Gasteiger partial charge in [-0.25, -0.2) is 0 Å². The number of carbonyl (C=O) groups excluding carboxylic acids is 1. The number of amides is 1. The Kier molecular flexibility index (Phi) is 4.76. The summed E-state index contributed by atoms with van der Waals surface area (Å²) in [6, 6.07) is 4.93. The summed E-state index contributed by atoms with van der Waals surface area (Å²) in [4.78, 5) is 14.2. The van der Waals surface area contributed by atoms with Crippen LogP contribution in [0.4, 0.5) is 0 Å². The molecule has 5 heteroatoms. The van der Waals surface area contributed by atoms with Crippen molar-refractivity contribution in [2.45, 2.75) is 37.1 Å². The molecule has 0 aromatic heterocycles. The number of hydrogen-bond donors (Lipinski definition) is 1. The third-order valence-corrected chi connectivity index (χ3v) is 4.42. The number of para-hydroxylation sites is 1. The lowest BCUT2D eigenvalue weighted by Crippen LogP contribution is -2.44. The number of phenols is 1. The molecule has 1 amide bonds. The lowest BCUT2D eigenvalue weighted by molar-refractivity contribution is 0.0696. The van der Waals surface area contributed by atoms with Crippen molar-refractivity contribution in [1.82, 2.24) is 4.90 Å². The number of methoxy groups -OCH3 is 1. The molecule has 1 fully saturated rings. The van der Waals surface area contributed by atoms with Crippen LogP contribution < -0.4 is 4.74 Å². The number of benzene rings is 1. The van der Waals surface area contributed by atoms with E-state index in [1.54, 1.807) is 30.1 Å². The molecule has 1 aliphatic carbocycles. The monoisotopic (exact) mass is 297 g/mol. The second-order valence-corrected chi connectivity index (χ2v) is 5.70. The number of ether oxygens (including phenoxy) is 1. The lowest BCUT2D eigenvalue weighted by atomic mass is 9.93. The number of carbonyl (C=O) groups is 1. The average Bonchev–Trinajstić information content (AvgIpc) is 2.46. The van der Waals surface area contributed by atoms with Gasteiger partial charge in [-0.3, -0.25) is 4.79 Å². The summed E-state index contributed by atoms with van der Waals surface area (Å²) in [5.41, 5.74) is 0.251. The van der Waals surface area contributed by atoms with E-state index in [0.717, 1.165) is 25.7 Å². The highest BCUT2D eigenvalue weighted by Crippen LogP contribution is 2.32. The predicted octanol–water partition coefficient (Wildman–Crippen LogP) is 3.02. The number of aromatic hydroxyl groups is 1. The predicted molar refractivity (Wildman–Crippen MR) is 78.6 cm³/mol. The molecule has 1 aromatic carbocycles. The molecular formula is C15H20ClNO3. The molecule has 2 unspecified atom stereocenters. The highest BCUT2D eigenvalue weighted by atomic mass is 35.5. The molecule has 0 spiro atoms. The Morgan fingerprint density at radius 3 is 2.75 bits per heavy atom. The van der Waals surface area contributed by atoms with E-state index in [9.17, 15) is 9.90 Å². The first kappa shape index (κ1) is 15.0. The van der Waals surface area contributed by atoms with Gasteiger partial charge in [-0.05, 0) is 25.0 Å². The largest absolute Gasteiger partial charge is 0.504 e. The quantitative estimate of drug-likeness (QED) is 0.873. The summed E-state index contributed by atoms with van der Waals surface area (Å²) in [5.74, 6) is -0.0388. The zero-order valence-corrected chi connectivity index (χ0v) is 12.6. The third kappa shape index (κ3) is 2.85. The Labute approximate surface area is 124 Å². The molecule has 1 aliphatic rings. The van der Waals surface area contributed by atoms with Crippen LogP contribution in [0.25, 0.3) is 0 Å². The number of hydrogen-bond acceptors (Lipinski definition) is 3. The maximum Gasteiger partial charge on any atom is 0.257 e. The number of nitrogens with zero attached hydrogens (tertiary/aromatic N) is 1. The van der Waals surface area contributed by atoms with E-state index >= 15 is 0 Å². The van der Waals surface area contributed by atoms with E-state index in [4.69, 9.17) is 16.3 Å². The maximum atomic E-state index is 12.5. The second-order valence-electron chi connectivity index (χ2n) is 5.14. The van der Waals surface area contributed by atoms with Gasteiger partial charge in [0.2, 0.25) is 0 Å². The van der Waals surface area contributed by atoms with E-state index < -0.39 is 0 Å². The van der Waals surface area contributed by atoms with Crippen molar-refractivity contribution in [2.75, 3.05) is 14.2 Å². The van der Waals surface area contributed by atoms with Gasteiger partial charge < -0.3 is 14.7 Å². The molecule has 0 radical (unpaired) electrons. The molecule has 2 rings (SSSR count). The Bertz CT molecular complexity index is 492. The van der Waals surface area contributed by atoms with E-state index in [-0.39, 0.29) is 28.6 Å². The minimum absolute atomic E-state index is 0.0171. The lowest BCUT2D eigenvalue weighted by Gasteiger charge is -2.35. The topological polar surface area (TPSA) is 49.8 Å². The Morgan fingerprint density at radius 1 is 1.40 bits per heavy atom. The number of phenolic OH excluding ortho intramolecular Hbond substituents is 1. The van der Waals surface area contributed by atoms with Gasteiger partial charge in [0.15, 0.2) is 11.5 Å². The van der Waals surface area contributed by atoms with E-state index in [0.29, 0.717) is 5.75 Å². The van der Waals surface area contributed by atoms with Crippen LogP contribution in [-0.4, -0.2) is 41.5 Å². The number of halogens is 1. The molecule has 4 nitrogen and oxygen atoms in total. The molecular weight excluding hydrogens is 278 g/mol. The molecule has 0 heterocycles. The van der Waals surface area contributed by atoms with Crippen LogP contribution in [0.15, 0.2) is 18.2 Å². The van der Waals surface area contributed by atoms with Gasteiger partial charge >= 0.3 is 0 Å². The number of rotatable bonds is 3. The summed E-state index contributed by atoms with van der Waals surface area (Å²) < 4.78 is 5.04. The fourth-order valence-corrected chi connectivity index (χ4v) is 3.15. The zero-order chi connectivity index (χ0) is 14.7. The van der Waals surface area contributed by atoms with Crippen molar-refractivity contribution in [3.05, 3.63) is 23.8 Å². The molecule has 1 aromatic rings. The highest BCUT2D eigenvalue weighted by Gasteiger charge is 2.31. The second kappa shape index (κ2) is 6.35. The van der Waals surface area contributed by atoms with Gasteiger partial charge in [0.1, 0.15) is 0 Å². The standard InChI is InChI=1S/C15H20ClNO3/c1-17(12-8-4-3-7-11(12)16)15(19)10-6-5-9-13(20-2)14(10)18/h5-6,9,11-12,18H,3-4,7-8H2,1-2H3. The molecule has 0 saturated heterocycles. The first-order valence-electron chi connectivity index (χ1n) is 6.83. The Hall–Kier alpha value is -1.42. The highest BCUT2D eigenvalue weighted by molar-refractivity contribution is 6.21. The van der Waals surface area contributed by atoms with Gasteiger partial charge in [0, 0.05) is 13.1 Å². The fraction of sp³-hybridized carbons (Fsp3) is 0.533. The van der Waals surface area contributed by atoms with Crippen LogP contribution in [0.2, 0.25) is 0 Å². The van der Waals surface area contributed by atoms with Crippen molar-refractivity contribution in [2.24, 2.45) is 0 Å². The summed E-state index contributed by atoms with van der Waals surface area (Å²) in [5, 5.41) is 10.0. The molecule has 1 saturated carbocycles. The third-order valence-electron chi connectivity index (χ3n) is 3.91. The van der Waals surface area contributed by atoms with E-state index in [1.807, 2.05) is 0 Å². The Balaban J connectivity index is 2.22. The molecule has 110 valence electrons. The molecule has 0 bridgehead atoms. The van der Waals surface area contributed by atoms with Gasteiger partial charge in [0.05, 0.1) is 18.1 Å². The summed E-state index contributed by atoms with van der Waals surface area (Å²) >= 11 is 6.33. The average molecular weight is 298 g/mol. The first-order chi connectivity index (χ1) is 9.56. The van der Waals surface area contributed by atoms with Gasteiger partial charge in [-0.15, -0.1) is 11.6 Å². The van der Waals surface area contributed by atoms with Crippen LogP contribution in [0.3, 0.4) is 0 Å². The maximum absolute atomic E-state index is 12.5. The van der Waals surface area contributed by atoms with Crippen molar-refractivity contribution < 1.29 is 14.6 Å². The van der Waals surface area contributed by atoms with Gasteiger partial charge in [0.25, 0.3) is 5.91 Å². The zero-order valence-electron chi connectivity index (χ0n) is 11.8. The molecule has 20 heavy (non-hydrogen) atoms. The summed E-state index contributed by atoms with van der Waals surface area (Å²) in [6.45, 7) is 0. The van der Waals surface area contributed by atoms with E-state index in [1.165, 1.54) is 7.11 Å². The smallest absolute Gasteiger partial charge is 0.257 e.